The van der Waals surface area contributed by atoms with E-state index in [1.165, 1.54) is 12.3 Å². The van der Waals surface area contributed by atoms with E-state index in [9.17, 15) is 14.0 Å². The molecule has 0 fully saturated rings. The second kappa shape index (κ2) is 7.88. The molecule has 0 saturated heterocycles. The standard InChI is InChI=1S/C16H15FN2O4/c17-13-9-18-7-6-12(13)14(8-15(20)21)19-16(22)23-10-11-4-2-1-3-5-11/h1-7,9,14H,8,10H2,(H,19,22)(H,20,21)/t14-/m0/s1. The van der Waals surface area contributed by atoms with Crippen LogP contribution in [-0.4, -0.2) is 22.2 Å². The van der Waals surface area contributed by atoms with Crippen LogP contribution in [0.2, 0.25) is 0 Å². The lowest BCUT2D eigenvalue weighted by atomic mass is 10.1. The number of hydrogen-bond acceptors (Lipinski definition) is 4. The molecule has 120 valence electrons. The Labute approximate surface area is 131 Å². The molecule has 0 saturated carbocycles. The molecule has 0 aliphatic carbocycles. The highest BCUT2D eigenvalue weighted by atomic mass is 19.1. The molecule has 0 aliphatic heterocycles. The number of benzene rings is 1. The molecule has 0 spiro atoms. The van der Waals surface area contributed by atoms with E-state index in [1.807, 2.05) is 6.07 Å². The van der Waals surface area contributed by atoms with Crippen molar-refractivity contribution in [2.75, 3.05) is 0 Å². The lowest BCUT2D eigenvalue weighted by Gasteiger charge is -2.17. The number of ether oxygens (including phenoxy) is 1. The normalized spacial score (nSPS) is 11.5. The van der Waals surface area contributed by atoms with Crippen LogP contribution in [0.25, 0.3) is 0 Å². The summed E-state index contributed by atoms with van der Waals surface area (Å²) < 4.78 is 18.8. The smallest absolute Gasteiger partial charge is 0.407 e. The second-order valence-corrected chi connectivity index (χ2v) is 4.75. The monoisotopic (exact) mass is 318 g/mol. The third-order valence-corrected chi connectivity index (χ3v) is 3.06. The van der Waals surface area contributed by atoms with Gasteiger partial charge in [0.1, 0.15) is 12.4 Å². The summed E-state index contributed by atoms with van der Waals surface area (Å²) in [7, 11) is 0. The molecule has 0 radical (unpaired) electrons. The number of halogens is 1. The number of carbonyl (C=O) groups is 2. The summed E-state index contributed by atoms with van der Waals surface area (Å²) in [6.07, 6.45) is 0.989. The van der Waals surface area contributed by atoms with E-state index in [1.54, 1.807) is 24.3 Å². The Bertz CT molecular complexity index is 679. The van der Waals surface area contributed by atoms with Crippen LogP contribution < -0.4 is 5.32 Å². The molecular formula is C16H15FN2O4. The highest BCUT2D eigenvalue weighted by Crippen LogP contribution is 2.19. The van der Waals surface area contributed by atoms with E-state index in [-0.39, 0.29) is 12.2 Å². The zero-order valence-corrected chi connectivity index (χ0v) is 12.1. The average molecular weight is 318 g/mol. The zero-order chi connectivity index (χ0) is 16.7. The Hall–Kier alpha value is -2.96. The summed E-state index contributed by atoms with van der Waals surface area (Å²) in [6, 6.07) is 9.28. The minimum atomic E-state index is -1.17. The maximum Gasteiger partial charge on any atom is 0.407 e. The molecular weight excluding hydrogens is 303 g/mol. The number of nitrogens with zero attached hydrogens (tertiary/aromatic N) is 1. The molecule has 0 unspecified atom stereocenters. The van der Waals surface area contributed by atoms with Gasteiger partial charge in [-0.15, -0.1) is 0 Å². The Kier molecular flexibility index (Phi) is 5.62. The van der Waals surface area contributed by atoms with Crippen LogP contribution in [0.15, 0.2) is 48.8 Å². The van der Waals surface area contributed by atoms with Gasteiger partial charge in [0, 0.05) is 11.8 Å². The fraction of sp³-hybridized carbons (Fsp3) is 0.188. The summed E-state index contributed by atoms with van der Waals surface area (Å²) in [4.78, 5) is 26.3. The number of aromatic nitrogens is 1. The van der Waals surface area contributed by atoms with Crippen LogP contribution in [0.5, 0.6) is 0 Å². The van der Waals surface area contributed by atoms with Crippen molar-refractivity contribution in [3.63, 3.8) is 0 Å². The van der Waals surface area contributed by atoms with Gasteiger partial charge in [0.2, 0.25) is 0 Å². The molecule has 1 atom stereocenters. The van der Waals surface area contributed by atoms with Gasteiger partial charge in [-0.1, -0.05) is 30.3 Å². The molecule has 2 aromatic rings. The number of amides is 1. The van der Waals surface area contributed by atoms with Crippen molar-refractivity contribution in [2.24, 2.45) is 0 Å². The predicted octanol–water partition coefficient (Wildman–Crippen LogP) is 2.66. The molecule has 1 aromatic heterocycles. The first-order valence-corrected chi connectivity index (χ1v) is 6.84. The average Bonchev–Trinajstić information content (AvgIpc) is 2.53. The van der Waals surface area contributed by atoms with Crippen LogP contribution in [0.1, 0.15) is 23.6 Å². The third kappa shape index (κ3) is 5.06. The number of rotatable bonds is 6. The van der Waals surface area contributed by atoms with Crippen LogP contribution in [-0.2, 0) is 16.1 Å². The quantitative estimate of drug-likeness (QED) is 0.855. The van der Waals surface area contributed by atoms with Gasteiger partial charge in [-0.05, 0) is 11.6 Å². The Morgan fingerprint density at radius 2 is 2.00 bits per heavy atom. The van der Waals surface area contributed by atoms with Crippen LogP contribution in [0.4, 0.5) is 9.18 Å². The number of aliphatic carboxylic acids is 1. The topological polar surface area (TPSA) is 88.5 Å². The van der Waals surface area contributed by atoms with Crippen molar-refractivity contribution >= 4 is 12.1 Å². The first kappa shape index (κ1) is 16.4. The molecule has 1 amide bonds. The maximum absolute atomic E-state index is 13.7. The van der Waals surface area contributed by atoms with Gasteiger partial charge < -0.3 is 15.2 Å². The van der Waals surface area contributed by atoms with Gasteiger partial charge in [-0.3, -0.25) is 9.78 Å². The number of hydrogen-bond donors (Lipinski definition) is 2. The summed E-state index contributed by atoms with van der Waals surface area (Å²) >= 11 is 0. The number of nitrogens with one attached hydrogen (secondary N) is 1. The van der Waals surface area contributed by atoms with Crippen molar-refractivity contribution in [2.45, 2.75) is 19.1 Å². The minimum absolute atomic E-state index is 0.0330. The van der Waals surface area contributed by atoms with E-state index >= 15 is 0 Å². The van der Waals surface area contributed by atoms with Gasteiger partial charge in [-0.25, -0.2) is 9.18 Å². The number of alkyl carbamates (subject to hydrolysis) is 1. The Morgan fingerprint density at radius 1 is 1.26 bits per heavy atom. The molecule has 1 aromatic carbocycles. The van der Waals surface area contributed by atoms with Gasteiger partial charge in [0.05, 0.1) is 18.7 Å². The van der Waals surface area contributed by atoms with Gasteiger partial charge in [-0.2, -0.15) is 0 Å². The molecule has 0 bridgehead atoms. The first-order valence-electron chi connectivity index (χ1n) is 6.84. The van der Waals surface area contributed by atoms with Crippen molar-refractivity contribution in [3.05, 3.63) is 65.7 Å². The van der Waals surface area contributed by atoms with Crippen molar-refractivity contribution in [1.82, 2.24) is 10.3 Å². The predicted molar refractivity (Wildman–Crippen MR) is 79.0 cm³/mol. The second-order valence-electron chi connectivity index (χ2n) is 4.75. The maximum atomic E-state index is 13.7. The van der Waals surface area contributed by atoms with E-state index < -0.39 is 30.3 Å². The first-order chi connectivity index (χ1) is 11.1. The minimum Gasteiger partial charge on any atom is -0.481 e. The van der Waals surface area contributed by atoms with Crippen molar-refractivity contribution in [1.29, 1.82) is 0 Å². The van der Waals surface area contributed by atoms with Gasteiger partial charge in [0.15, 0.2) is 0 Å². The van der Waals surface area contributed by atoms with Crippen molar-refractivity contribution in [3.8, 4) is 0 Å². The molecule has 2 N–H and O–H groups in total. The summed E-state index contributed by atoms with van der Waals surface area (Å²) in [5, 5.41) is 11.3. The molecule has 0 aliphatic rings. The number of pyridine rings is 1. The third-order valence-electron chi connectivity index (χ3n) is 3.06. The largest absolute Gasteiger partial charge is 0.481 e. The summed E-state index contributed by atoms with van der Waals surface area (Å²) in [5.41, 5.74) is 0.826. The van der Waals surface area contributed by atoms with Gasteiger partial charge >= 0.3 is 12.1 Å². The Balaban J connectivity index is 2.01. The molecule has 7 heteroatoms. The van der Waals surface area contributed by atoms with Crippen molar-refractivity contribution < 1.29 is 23.8 Å². The lowest BCUT2D eigenvalue weighted by Crippen LogP contribution is -2.31. The van der Waals surface area contributed by atoms with E-state index in [4.69, 9.17) is 9.84 Å². The fourth-order valence-corrected chi connectivity index (χ4v) is 1.99. The highest BCUT2D eigenvalue weighted by molar-refractivity contribution is 5.72. The highest BCUT2D eigenvalue weighted by Gasteiger charge is 2.21. The Morgan fingerprint density at radius 3 is 2.65 bits per heavy atom. The lowest BCUT2D eigenvalue weighted by molar-refractivity contribution is -0.137. The number of carboxylic acid groups (broad SMARTS) is 1. The summed E-state index contributed by atoms with van der Waals surface area (Å²) in [5.74, 6) is -1.86. The molecule has 23 heavy (non-hydrogen) atoms. The van der Waals surface area contributed by atoms with E-state index in [0.29, 0.717) is 0 Å². The van der Waals surface area contributed by atoms with Crippen LogP contribution >= 0.6 is 0 Å². The van der Waals surface area contributed by atoms with Crippen LogP contribution in [0.3, 0.4) is 0 Å². The molecule has 2 rings (SSSR count). The van der Waals surface area contributed by atoms with Gasteiger partial charge in [0.25, 0.3) is 0 Å². The molecule has 6 nitrogen and oxygen atoms in total. The molecule has 1 heterocycles. The zero-order valence-electron chi connectivity index (χ0n) is 12.1. The number of carbonyl (C=O) groups excluding carboxylic acids is 1. The fourth-order valence-electron chi connectivity index (χ4n) is 1.99. The van der Waals surface area contributed by atoms with Crippen LogP contribution in [0, 0.1) is 5.82 Å². The summed E-state index contributed by atoms with van der Waals surface area (Å²) in [6.45, 7) is 0.0330. The van der Waals surface area contributed by atoms with E-state index in [0.717, 1.165) is 11.8 Å². The number of carboxylic acids is 1. The van der Waals surface area contributed by atoms with E-state index in [2.05, 4.69) is 10.3 Å². The SMILES string of the molecule is O=C(O)C[C@H](NC(=O)OCc1ccccc1)c1ccncc1F.